The molecule has 3 atom stereocenters. The Morgan fingerprint density at radius 2 is 1.85 bits per heavy atom. The highest BCUT2D eigenvalue weighted by atomic mass is 19.1. The average molecular weight is 638 g/mol. The fourth-order valence-corrected chi connectivity index (χ4v) is 7.53. The molecule has 3 unspecified atom stereocenters. The van der Waals surface area contributed by atoms with Gasteiger partial charge in [-0.05, 0) is 95.9 Å². The van der Waals surface area contributed by atoms with Crippen molar-refractivity contribution in [2.75, 3.05) is 33.0 Å². The second-order valence-electron chi connectivity index (χ2n) is 13.6. The lowest BCUT2D eigenvalue weighted by atomic mass is 9.87. The Morgan fingerprint density at radius 3 is 2.59 bits per heavy atom. The normalized spacial score (nSPS) is 21.7. The molecular formula is C37H52FN3O5. The molecule has 2 fully saturated rings. The minimum atomic E-state index is -0.317. The SMILES string of the molecule is CCC(C)C(CC)CC(=O)OCOC1CCCN2C(=O)C(CCN3CCC(c4noc5cc(F)ccc45)CC3)=C(C)CCC(C)=C12. The number of ether oxygens (including phenoxy) is 2. The summed E-state index contributed by atoms with van der Waals surface area (Å²) in [6.45, 7) is 13.9. The van der Waals surface area contributed by atoms with Crippen LogP contribution in [0.3, 0.4) is 0 Å². The number of aromatic nitrogens is 1. The summed E-state index contributed by atoms with van der Waals surface area (Å²) in [6.07, 6.45) is 8.13. The summed E-state index contributed by atoms with van der Waals surface area (Å²) in [7, 11) is 0. The van der Waals surface area contributed by atoms with Gasteiger partial charge < -0.3 is 23.8 Å². The number of allylic oxidation sites excluding steroid dienone is 2. The van der Waals surface area contributed by atoms with Gasteiger partial charge in [-0.1, -0.05) is 49.9 Å². The molecule has 1 amide bonds. The summed E-state index contributed by atoms with van der Waals surface area (Å²) in [4.78, 5) is 31.1. The molecule has 46 heavy (non-hydrogen) atoms. The molecule has 0 bridgehead atoms. The van der Waals surface area contributed by atoms with Gasteiger partial charge in [-0.25, -0.2) is 4.39 Å². The standard InChI is InChI=1S/C37H52FN3O5/c1-6-24(3)27(7-2)21-34(42)45-23-44-32-9-8-17-41-36(32)26(5)11-10-25(4)30(37(41)43)16-20-40-18-14-28(15-19-40)35-31-13-12-29(38)22-33(31)46-39-35/h12-13,22,24,27-28,32H,6-11,14-21,23H2,1-5H3. The fourth-order valence-electron chi connectivity index (χ4n) is 7.53. The van der Waals surface area contributed by atoms with Crippen LogP contribution in [0.1, 0.15) is 110 Å². The average Bonchev–Trinajstić information content (AvgIpc) is 3.48. The monoisotopic (exact) mass is 637 g/mol. The predicted octanol–water partition coefficient (Wildman–Crippen LogP) is 7.89. The number of piperidine rings is 2. The first-order valence-electron chi connectivity index (χ1n) is 17.4. The van der Waals surface area contributed by atoms with Crippen LogP contribution in [0.5, 0.6) is 0 Å². The van der Waals surface area contributed by atoms with E-state index in [2.05, 4.69) is 44.7 Å². The third kappa shape index (κ3) is 7.91. The lowest BCUT2D eigenvalue weighted by molar-refractivity contribution is -0.163. The maximum atomic E-state index is 14.1. The van der Waals surface area contributed by atoms with Crippen LogP contribution in [0.25, 0.3) is 11.0 Å². The molecular weight excluding hydrogens is 585 g/mol. The number of carbonyl (C=O) groups excluding carboxylic acids is 2. The molecule has 0 spiro atoms. The van der Waals surface area contributed by atoms with E-state index in [4.69, 9.17) is 14.0 Å². The molecule has 2 saturated heterocycles. The largest absolute Gasteiger partial charge is 0.438 e. The molecule has 1 aromatic heterocycles. The quantitative estimate of drug-likeness (QED) is 0.173. The highest BCUT2D eigenvalue weighted by molar-refractivity contribution is 5.95. The van der Waals surface area contributed by atoms with Gasteiger partial charge in [0.15, 0.2) is 12.4 Å². The van der Waals surface area contributed by atoms with Crippen molar-refractivity contribution in [2.45, 2.75) is 111 Å². The molecule has 0 radical (unpaired) electrons. The van der Waals surface area contributed by atoms with E-state index in [0.717, 1.165) is 93.4 Å². The Labute approximate surface area is 273 Å². The molecule has 3 aliphatic rings. The predicted molar refractivity (Wildman–Crippen MR) is 176 cm³/mol. The van der Waals surface area contributed by atoms with Gasteiger partial charge in [0.2, 0.25) is 0 Å². The van der Waals surface area contributed by atoms with Crippen molar-refractivity contribution < 1.29 is 28.0 Å². The smallest absolute Gasteiger partial charge is 0.308 e. The molecule has 2 aromatic rings. The number of esters is 1. The van der Waals surface area contributed by atoms with E-state index in [-0.39, 0.29) is 36.5 Å². The molecule has 3 aliphatic heterocycles. The van der Waals surface area contributed by atoms with Crippen LogP contribution >= 0.6 is 0 Å². The maximum Gasteiger partial charge on any atom is 0.308 e. The number of fused-ring (bicyclic) bond motifs is 2. The van der Waals surface area contributed by atoms with E-state index in [1.807, 2.05) is 4.90 Å². The molecule has 252 valence electrons. The van der Waals surface area contributed by atoms with Gasteiger partial charge in [0.1, 0.15) is 11.9 Å². The number of amides is 1. The lowest BCUT2D eigenvalue weighted by Gasteiger charge is -2.39. The number of hydrogen-bond donors (Lipinski definition) is 0. The Hall–Kier alpha value is -3.04. The Bertz CT molecular complexity index is 1440. The van der Waals surface area contributed by atoms with E-state index < -0.39 is 0 Å². The second kappa shape index (κ2) is 15.7. The zero-order chi connectivity index (χ0) is 32.8. The number of hydrogen-bond acceptors (Lipinski definition) is 7. The topological polar surface area (TPSA) is 85.1 Å². The number of rotatable bonds is 12. The van der Waals surface area contributed by atoms with E-state index in [1.54, 1.807) is 6.07 Å². The van der Waals surface area contributed by atoms with Crippen molar-refractivity contribution in [3.05, 3.63) is 52.1 Å². The summed E-state index contributed by atoms with van der Waals surface area (Å²) in [5.41, 5.74) is 5.65. The zero-order valence-electron chi connectivity index (χ0n) is 28.4. The molecule has 4 heterocycles. The van der Waals surface area contributed by atoms with Gasteiger partial charge in [-0.3, -0.25) is 9.59 Å². The van der Waals surface area contributed by atoms with Crippen molar-refractivity contribution in [3.63, 3.8) is 0 Å². The van der Waals surface area contributed by atoms with Crippen LogP contribution in [0.4, 0.5) is 4.39 Å². The van der Waals surface area contributed by atoms with Gasteiger partial charge in [0.05, 0.1) is 5.69 Å². The Kier molecular flexibility index (Phi) is 11.7. The molecule has 8 nitrogen and oxygen atoms in total. The number of halogens is 1. The first kappa shape index (κ1) is 34.3. The van der Waals surface area contributed by atoms with Crippen LogP contribution in [-0.2, 0) is 19.1 Å². The highest BCUT2D eigenvalue weighted by Crippen LogP contribution is 2.36. The van der Waals surface area contributed by atoms with Crippen molar-refractivity contribution in [1.29, 1.82) is 0 Å². The van der Waals surface area contributed by atoms with Gasteiger partial charge in [0, 0.05) is 48.2 Å². The third-order valence-electron chi connectivity index (χ3n) is 10.8. The molecule has 1 aromatic carbocycles. The van der Waals surface area contributed by atoms with Gasteiger partial charge in [-0.2, -0.15) is 0 Å². The van der Waals surface area contributed by atoms with Crippen molar-refractivity contribution >= 4 is 22.8 Å². The van der Waals surface area contributed by atoms with Crippen molar-refractivity contribution in [1.82, 2.24) is 15.0 Å². The van der Waals surface area contributed by atoms with Gasteiger partial charge >= 0.3 is 5.97 Å². The molecule has 5 rings (SSSR count). The minimum absolute atomic E-state index is 0.0854. The van der Waals surface area contributed by atoms with Crippen LogP contribution in [0.2, 0.25) is 0 Å². The molecule has 9 heteroatoms. The summed E-state index contributed by atoms with van der Waals surface area (Å²) in [6, 6.07) is 4.63. The van der Waals surface area contributed by atoms with Gasteiger partial charge in [0.25, 0.3) is 5.91 Å². The van der Waals surface area contributed by atoms with Crippen LogP contribution in [-0.4, -0.2) is 65.9 Å². The first-order valence-corrected chi connectivity index (χ1v) is 17.4. The maximum absolute atomic E-state index is 14.1. The highest BCUT2D eigenvalue weighted by Gasteiger charge is 2.35. The third-order valence-corrected chi connectivity index (χ3v) is 10.8. The summed E-state index contributed by atoms with van der Waals surface area (Å²) < 4.78 is 30.8. The molecule has 0 aliphatic carbocycles. The van der Waals surface area contributed by atoms with Crippen LogP contribution in [0, 0.1) is 17.7 Å². The molecule has 0 N–H and O–H groups in total. The van der Waals surface area contributed by atoms with Crippen LogP contribution in [0.15, 0.2) is 45.1 Å². The number of carbonyl (C=O) groups is 2. The summed E-state index contributed by atoms with van der Waals surface area (Å²) in [5.74, 6) is 0.630. The summed E-state index contributed by atoms with van der Waals surface area (Å²) in [5, 5.41) is 5.19. The first-order chi connectivity index (χ1) is 22.2. The minimum Gasteiger partial charge on any atom is -0.438 e. The van der Waals surface area contributed by atoms with Crippen molar-refractivity contribution in [2.24, 2.45) is 11.8 Å². The van der Waals surface area contributed by atoms with Crippen molar-refractivity contribution in [3.8, 4) is 0 Å². The van der Waals surface area contributed by atoms with Crippen LogP contribution < -0.4 is 0 Å². The Balaban J connectivity index is 1.16. The Morgan fingerprint density at radius 1 is 1.09 bits per heavy atom. The number of nitrogens with zero attached hydrogens (tertiary/aromatic N) is 3. The van der Waals surface area contributed by atoms with E-state index >= 15 is 0 Å². The number of likely N-dealkylation sites (tertiary alicyclic amines) is 1. The van der Waals surface area contributed by atoms with E-state index in [9.17, 15) is 14.0 Å². The van der Waals surface area contributed by atoms with E-state index in [1.165, 1.54) is 23.3 Å². The lowest BCUT2D eigenvalue weighted by Crippen LogP contribution is -2.44. The van der Waals surface area contributed by atoms with Gasteiger partial charge in [-0.15, -0.1) is 0 Å². The van der Waals surface area contributed by atoms with E-state index in [0.29, 0.717) is 36.8 Å². The number of benzene rings is 1. The molecule has 0 saturated carbocycles. The fraction of sp³-hybridized carbons (Fsp3) is 0.649. The summed E-state index contributed by atoms with van der Waals surface area (Å²) >= 11 is 0. The second-order valence-corrected chi connectivity index (χ2v) is 13.6. The zero-order valence-corrected chi connectivity index (χ0v) is 28.4.